The highest BCUT2D eigenvalue weighted by molar-refractivity contribution is 6.35. The summed E-state index contributed by atoms with van der Waals surface area (Å²) in [6, 6.07) is -0.0841. The van der Waals surface area contributed by atoms with Crippen LogP contribution in [0.4, 0.5) is 0 Å². The maximum atomic E-state index is 12.5. The fourth-order valence-corrected chi connectivity index (χ4v) is 4.91. The lowest BCUT2D eigenvalue weighted by molar-refractivity contribution is -0.144. The van der Waals surface area contributed by atoms with Gasteiger partial charge in [0, 0.05) is 12.0 Å². The quantitative estimate of drug-likeness (QED) is 0.374. The number of unbranched alkanes of at least 4 members (excludes halogenated alkanes) is 3. The van der Waals surface area contributed by atoms with Gasteiger partial charge in [0.05, 0.1) is 0 Å². The Morgan fingerprint density at radius 2 is 1.96 bits per heavy atom. The molecule has 0 N–H and O–H groups in total. The van der Waals surface area contributed by atoms with Crippen LogP contribution in [-0.4, -0.2) is 35.9 Å². The van der Waals surface area contributed by atoms with Crippen LogP contribution in [-0.2, 0) is 9.53 Å². The second kappa shape index (κ2) is 7.80. The van der Waals surface area contributed by atoms with Crippen molar-refractivity contribution in [2.24, 2.45) is 5.41 Å². The van der Waals surface area contributed by atoms with Crippen molar-refractivity contribution in [3.05, 3.63) is 0 Å². The number of ether oxygens (including phenoxy) is 1. The minimum atomic E-state index is -0.0841. The fourth-order valence-electron chi connectivity index (χ4n) is 4.91. The molecule has 137 valence electrons. The van der Waals surface area contributed by atoms with E-state index in [1.165, 1.54) is 32.1 Å². The molecule has 1 radical (unpaired) electrons. The molecule has 0 aliphatic carbocycles. The number of hydrogen-bond donors (Lipinski definition) is 0. The molecule has 2 heterocycles. The van der Waals surface area contributed by atoms with Crippen LogP contribution in [0, 0.1) is 5.41 Å². The van der Waals surface area contributed by atoms with Gasteiger partial charge in [-0.05, 0) is 32.1 Å². The van der Waals surface area contributed by atoms with Crippen molar-refractivity contribution in [2.75, 3.05) is 0 Å². The summed E-state index contributed by atoms with van der Waals surface area (Å²) >= 11 is 0. The first kappa shape index (κ1) is 19.8. The molecular formula is C20H37BNO2. The largest absolute Gasteiger partial charge is 0.461 e. The first-order chi connectivity index (χ1) is 11.1. The SMILES string of the molecule is CCCCCCC(C)[B]N1C2CC(CC(C)(C)CC1(C)C)OC2=O. The highest BCUT2D eigenvalue weighted by Crippen LogP contribution is 2.43. The summed E-state index contributed by atoms with van der Waals surface area (Å²) in [6.45, 7) is 13.8. The van der Waals surface area contributed by atoms with E-state index in [0.29, 0.717) is 5.82 Å². The van der Waals surface area contributed by atoms with E-state index in [9.17, 15) is 4.79 Å². The molecule has 3 unspecified atom stereocenters. The molecule has 0 amide bonds. The van der Waals surface area contributed by atoms with Gasteiger partial charge in [0.1, 0.15) is 12.1 Å². The van der Waals surface area contributed by atoms with Crippen LogP contribution >= 0.6 is 0 Å². The average molecular weight is 334 g/mol. The van der Waals surface area contributed by atoms with E-state index in [4.69, 9.17) is 4.74 Å². The third-order valence-corrected chi connectivity index (χ3v) is 5.70. The molecule has 0 saturated carbocycles. The Morgan fingerprint density at radius 3 is 2.62 bits per heavy atom. The number of hydrogen-bond acceptors (Lipinski definition) is 3. The maximum absolute atomic E-state index is 12.5. The van der Waals surface area contributed by atoms with Crippen LogP contribution < -0.4 is 0 Å². The summed E-state index contributed by atoms with van der Waals surface area (Å²) < 4.78 is 5.70. The molecule has 2 bridgehead atoms. The lowest BCUT2D eigenvalue weighted by Gasteiger charge is -2.47. The van der Waals surface area contributed by atoms with Gasteiger partial charge in [-0.3, -0.25) is 4.79 Å². The molecule has 3 atom stereocenters. The van der Waals surface area contributed by atoms with Crippen LogP contribution in [0.1, 0.15) is 92.9 Å². The van der Waals surface area contributed by atoms with Crippen LogP contribution in [0.3, 0.4) is 0 Å². The van der Waals surface area contributed by atoms with Crippen LogP contribution in [0.5, 0.6) is 0 Å². The molecule has 2 fully saturated rings. The molecule has 2 saturated heterocycles. The van der Waals surface area contributed by atoms with E-state index in [1.807, 2.05) is 0 Å². The Balaban J connectivity index is 2.07. The van der Waals surface area contributed by atoms with Gasteiger partial charge in [-0.25, -0.2) is 0 Å². The van der Waals surface area contributed by atoms with Gasteiger partial charge < -0.3 is 9.55 Å². The minimum absolute atomic E-state index is 0.0137. The smallest absolute Gasteiger partial charge is 0.322 e. The molecule has 2 rings (SSSR count). The van der Waals surface area contributed by atoms with Gasteiger partial charge in [0.2, 0.25) is 7.41 Å². The van der Waals surface area contributed by atoms with E-state index in [0.717, 1.165) is 19.3 Å². The second-order valence-corrected chi connectivity index (χ2v) is 9.55. The Kier molecular flexibility index (Phi) is 6.44. The lowest BCUT2D eigenvalue weighted by Crippen LogP contribution is -2.56. The van der Waals surface area contributed by atoms with Crippen LogP contribution in [0.2, 0.25) is 5.82 Å². The molecule has 0 aromatic carbocycles. The summed E-state index contributed by atoms with van der Waals surface area (Å²) in [5, 5.41) is 0. The van der Waals surface area contributed by atoms with Gasteiger partial charge in [-0.15, -0.1) is 0 Å². The van der Waals surface area contributed by atoms with Crippen molar-refractivity contribution in [3.63, 3.8) is 0 Å². The molecule has 24 heavy (non-hydrogen) atoms. The number of esters is 1. The topological polar surface area (TPSA) is 29.5 Å². The van der Waals surface area contributed by atoms with Crippen molar-refractivity contribution in [1.29, 1.82) is 0 Å². The Bertz CT molecular complexity index is 435. The number of carbonyl (C=O) groups excluding carboxylic acids is 1. The summed E-state index contributed by atoms with van der Waals surface area (Å²) in [5.74, 6) is 0.496. The molecule has 0 aromatic heterocycles. The predicted molar refractivity (Wildman–Crippen MR) is 101 cm³/mol. The first-order valence-corrected chi connectivity index (χ1v) is 9.98. The zero-order valence-corrected chi connectivity index (χ0v) is 16.7. The number of nitrogens with zero attached hydrogens (tertiary/aromatic N) is 1. The zero-order valence-electron chi connectivity index (χ0n) is 16.7. The monoisotopic (exact) mass is 334 g/mol. The lowest BCUT2D eigenvalue weighted by atomic mass is 9.64. The third-order valence-electron chi connectivity index (χ3n) is 5.70. The first-order valence-electron chi connectivity index (χ1n) is 9.98. The molecule has 2 aliphatic rings. The van der Waals surface area contributed by atoms with Crippen LogP contribution in [0.15, 0.2) is 0 Å². The Labute approximate surface area is 150 Å². The second-order valence-electron chi connectivity index (χ2n) is 9.55. The molecule has 0 aromatic rings. The number of rotatable bonds is 7. The van der Waals surface area contributed by atoms with Gasteiger partial charge in [0.15, 0.2) is 0 Å². The predicted octanol–water partition coefficient (Wildman–Crippen LogP) is 4.97. The summed E-state index contributed by atoms with van der Waals surface area (Å²) in [7, 11) is 2.35. The summed E-state index contributed by atoms with van der Waals surface area (Å²) in [6.07, 6.45) is 9.44. The Morgan fingerprint density at radius 1 is 1.25 bits per heavy atom. The van der Waals surface area contributed by atoms with Crippen LogP contribution in [0.25, 0.3) is 0 Å². The molecule has 0 spiro atoms. The maximum Gasteiger partial charge on any atom is 0.322 e. The standard InChI is InChI=1S/C20H37BNO2/c1-7-8-9-10-11-15(2)21-22-17-12-16(24-18(17)23)13-19(3,4)14-20(22,5)6/h15-17H,7-14H2,1-6H3. The van der Waals surface area contributed by atoms with Gasteiger partial charge in [-0.2, -0.15) is 0 Å². The van der Waals surface area contributed by atoms with Gasteiger partial charge in [-0.1, -0.05) is 65.6 Å². The molecular weight excluding hydrogens is 297 g/mol. The van der Waals surface area contributed by atoms with Gasteiger partial charge >= 0.3 is 5.97 Å². The van der Waals surface area contributed by atoms with E-state index < -0.39 is 0 Å². The van der Waals surface area contributed by atoms with E-state index >= 15 is 0 Å². The summed E-state index contributed by atoms with van der Waals surface area (Å²) in [5.41, 5.74) is 0.181. The zero-order chi connectivity index (χ0) is 18.0. The van der Waals surface area contributed by atoms with Gasteiger partial charge in [0.25, 0.3) is 0 Å². The highest BCUT2D eigenvalue weighted by Gasteiger charge is 2.49. The van der Waals surface area contributed by atoms with E-state index in [1.54, 1.807) is 0 Å². The van der Waals surface area contributed by atoms with Crippen molar-refractivity contribution >= 4 is 13.4 Å². The molecule has 2 aliphatic heterocycles. The van der Waals surface area contributed by atoms with Crippen molar-refractivity contribution in [2.45, 2.75) is 116 Å². The minimum Gasteiger partial charge on any atom is -0.461 e. The number of fused-ring (bicyclic) bond motifs is 2. The fraction of sp³-hybridized carbons (Fsp3) is 0.950. The van der Waals surface area contributed by atoms with Crippen molar-refractivity contribution in [3.8, 4) is 0 Å². The number of carbonyl (C=O) groups is 1. The normalized spacial score (nSPS) is 30.3. The van der Waals surface area contributed by atoms with E-state index in [2.05, 4.69) is 53.8 Å². The third kappa shape index (κ3) is 5.00. The van der Waals surface area contributed by atoms with Crippen molar-refractivity contribution in [1.82, 2.24) is 4.81 Å². The summed E-state index contributed by atoms with van der Waals surface area (Å²) in [4.78, 5) is 14.8. The van der Waals surface area contributed by atoms with Crippen molar-refractivity contribution < 1.29 is 9.53 Å². The highest BCUT2D eigenvalue weighted by atomic mass is 16.6. The molecule has 3 nitrogen and oxygen atoms in total. The van der Waals surface area contributed by atoms with E-state index in [-0.39, 0.29) is 29.1 Å². The average Bonchev–Trinajstić information content (AvgIpc) is 2.78. The Hall–Kier alpha value is -0.505. The molecule has 4 heteroatoms.